The molecule has 1 saturated heterocycles. The standard InChI is InChI=1S/C16H20O2/c1-3-17-14-11-15(2)9-10-16(12-14,18-15)13-7-5-4-6-8-13/h4-8,11H,3,9-10,12H2,1-2H3/t15-,16+/m0/s1. The van der Waals surface area contributed by atoms with Gasteiger partial charge in [-0.15, -0.1) is 0 Å². The van der Waals surface area contributed by atoms with Crippen molar-refractivity contribution in [3.05, 3.63) is 47.7 Å². The van der Waals surface area contributed by atoms with E-state index in [2.05, 4.69) is 43.3 Å². The lowest BCUT2D eigenvalue weighted by atomic mass is 9.87. The fourth-order valence-corrected chi connectivity index (χ4v) is 3.22. The Balaban J connectivity index is 1.98. The van der Waals surface area contributed by atoms with Crippen molar-refractivity contribution in [2.24, 2.45) is 0 Å². The maximum absolute atomic E-state index is 6.38. The van der Waals surface area contributed by atoms with E-state index in [1.165, 1.54) is 5.56 Å². The molecule has 0 saturated carbocycles. The Morgan fingerprint density at radius 1 is 1.22 bits per heavy atom. The molecule has 1 aromatic carbocycles. The quantitative estimate of drug-likeness (QED) is 0.805. The molecule has 0 radical (unpaired) electrons. The van der Waals surface area contributed by atoms with Gasteiger partial charge in [-0.25, -0.2) is 0 Å². The molecule has 2 atom stereocenters. The van der Waals surface area contributed by atoms with Gasteiger partial charge in [0.15, 0.2) is 0 Å². The second kappa shape index (κ2) is 4.13. The van der Waals surface area contributed by atoms with Crippen LogP contribution in [0.3, 0.4) is 0 Å². The summed E-state index contributed by atoms with van der Waals surface area (Å²) in [7, 11) is 0. The van der Waals surface area contributed by atoms with Crippen LogP contribution in [0.1, 0.15) is 38.7 Å². The van der Waals surface area contributed by atoms with Crippen LogP contribution in [-0.4, -0.2) is 12.2 Å². The first-order valence-electron chi connectivity index (χ1n) is 6.76. The molecule has 96 valence electrons. The lowest BCUT2D eigenvalue weighted by Crippen LogP contribution is -2.35. The minimum absolute atomic E-state index is 0.154. The van der Waals surface area contributed by atoms with Crippen molar-refractivity contribution in [2.75, 3.05) is 6.61 Å². The van der Waals surface area contributed by atoms with Gasteiger partial charge >= 0.3 is 0 Å². The summed E-state index contributed by atoms with van der Waals surface area (Å²) in [6.07, 6.45) is 5.17. The van der Waals surface area contributed by atoms with Crippen LogP contribution >= 0.6 is 0 Å². The first kappa shape index (κ1) is 11.8. The highest BCUT2D eigenvalue weighted by Crippen LogP contribution is 2.52. The van der Waals surface area contributed by atoms with E-state index in [1.807, 2.05) is 6.92 Å². The van der Waals surface area contributed by atoms with E-state index in [9.17, 15) is 0 Å². The molecular formula is C16H20O2. The number of rotatable bonds is 3. The molecule has 0 N–H and O–H groups in total. The third kappa shape index (κ3) is 1.85. The zero-order valence-electron chi connectivity index (χ0n) is 11.1. The van der Waals surface area contributed by atoms with Gasteiger partial charge in [-0.2, -0.15) is 0 Å². The average molecular weight is 244 g/mol. The van der Waals surface area contributed by atoms with Crippen molar-refractivity contribution in [3.63, 3.8) is 0 Å². The lowest BCUT2D eigenvalue weighted by molar-refractivity contribution is -0.0968. The third-order valence-corrected chi connectivity index (χ3v) is 4.01. The molecule has 2 nitrogen and oxygen atoms in total. The second-order valence-corrected chi connectivity index (χ2v) is 5.50. The Bertz CT molecular complexity index is 465. The van der Waals surface area contributed by atoms with Crippen molar-refractivity contribution in [3.8, 4) is 0 Å². The maximum atomic E-state index is 6.38. The predicted molar refractivity (Wildman–Crippen MR) is 71.2 cm³/mol. The highest BCUT2D eigenvalue weighted by Gasteiger charge is 2.50. The lowest BCUT2D eigenvalue weighted by Gasteiger charge is -2.37. The zero-order chi connectivity index (χ0) is 12.6. The highest BCUT2D eigenvalue weighted by atomic mass is 16.5. The van der Waals surface area contributed by atoms with Gasteiger partial charge in [0.05, 0.1) is 18.0 Å². The maximum Gasteiger partial charge on any atom is 0.101 e. The van der Waals surface area contributed by atoms with Crippen molar-refractivity contribution in [1.82, 2.24) is 0 Å². The van der Waals surface area contributed by atoms with Crippen LogP contribution in [-0.2, 0) is 15.1 Å². The van der Waals surface area contributed by atoms with Crippen LogP contribution < -0.4 is 0 Å². The minimum Gasteiger partial charge on any atom is -0.498 e. The predicted octanol–water partition coefficient (Wildman–Crippen LogP) is 3.78. The number of benzene rings is 1. The van der Waals surface area contributed by atoms with Gasteiger partial charge < -0.3 is 9.47 Å². The van der Waals surface area contributed by atoms with E-state index in [0.29, 0.717) is 0 Å². The third-order valence-electron chi connectivity index (χ3n) is 4.01. The molecule has 1 aromatic rings. The molecular weight excluding hydrogens is 224 g/mol. The van der Waals surface area contributed by atoms with E-state index in [0.717, 1.165) is 31.6 Å². The summed E-state index contributed by atoms with van der Waals surface area (Å²) in [6.45, 7) is 4.93. The van der Waals surface area contributed by atoms with Crippen LogP contribution in [0.15, 0.2) is 42.2 Å². The van der Waals surface area contributed by atoms with Crippen molar-refractivity contribution >= 4 is 0 Å². The van der Waals surface area contributed by atoms with E-state index < -0.39 is 0 Å². The normalized spacial score (nSPS) is 34.2. The Morgan fingerprint density at radius 2 is 2.00 bits per heavy atom. The molecule has 0 spiro atoms. The van der Waals surface area contributed by atoms with Crippen LogP contribution in [0.4, 0.5) is 0 Å². The second-order valence-electron chi connectivity index (χ2n) is 5.50. The molecule has 18 heavy (non-hydrogen) atoms. The molecule has 2 aliphatic heterocycles. The highest BCUT2D eigenvalue weighted by molar-refractivity contribution is 5.30. The average Bonchev–Trinajstić information content (AvgIpc) is 2.63. The van der Waals surface area contributed by atoms with Gasteiger partial charge in [0, 0.05) is 6.42 Å². The van der Waals surface area contributed by atoms with E-state index >= 15 is 0 Å². The van der Waals surface area contributed by atoms with E-state index in [1.54, 1.807) is 0 Å². The topological polar surface area (TPSA) is 18.5 Å². The molecule has 2 heteroatoms. The van der Waals surface area contributed by atoms with Crippen LogP contribution in [0.2, 0.25) is 0 Å². The van der Waals surface area contributed by atoms with Crippen LogP contribution in [0, 0.1) is 0 Å². The fourth-order valence-electron chi connectivity index (χ4n) is 3.22. The largest absolute Gasteiger partial charge is 0.498 e. The Morgan fingerprint density at radius 3 is 2.72 bits per heavy atom. The monoisotopic (exact) mass is 244 g/mol. The minimum atomic E-state index is -0.171. The Hall–Kier alpha value is -1.28. The smallest absolute Gasteiger partial charge is 0.101 e. The van der Waals surface area contributed by atoms with Crippen LogP contribution in [0.5, 0.6) is 0 Å². The molecule has 0 aromatic heterocycles. The van der Waals surface area contributed by atoms with Crippen LogP contribution in [0.25, 0.3) is 0 Å². The van der Waals surface area contributed by atoms with Gasteiger partial charge in [0.1, 0.15) is 5.60 Å². The van der Waals surface area contributed by atoms with Gasteiger partial charge in [-0.3, -0.25) is 0 Å². The summed E-state index contributed by atoms with van der Waals surface area (Å²) in [5.41, 5.74) is 0.951. The summed E-state index contributed by atoms with van der Waals surface area (Å²) in [6, 6.07) is 10.6. The SMILES string of the molecule is CCOC1=C[C@]2(C)CC[C@](c3ccccc3)(C1)O2. The molecule has 2 aliphatic rings. The molecule has 3 rings (SSSR count). The van der Waals surface area contributed by atoms with Crippen molar-refractivity contribution in [2.45, 2.75) is 44.3 Å². The number of hydrogen-bond acceptors (Lipinski definition) is 2. The fraction of sp³-hybridized carbons (Fsp3) is 0.500. The summed E-state index contributed by atoms with van der Waals surface area (Å²) >= 11 is 0. The number of fused-ring (bicyclic) bond motifs is 2. The van der Waals surface area contributed by atoms with Gasteiger partial charge in [0.25, 0.3) is 0 Å². The molecule has 2 bridgehead atoms. The Labute approximate surface area is 109 Å². The van der Waals surface area contributed by atoms with Crippen molar-refractivity contribution in [1.29, 1.82) is 0 Å². The Kier molecular flexibility index (Phi) is 2.70. The van der Waals surface area contributed by atoms with Gasteiger partial charge in [-0.1, -0.05) is 30.3 Å². The summed E-state index contributed by atoms with van der Waals surface area (Å²) in [4.78, 5) is 0. The molecule has 2 heterocycles. The summed E-state index contributed by atoms with van der Waals surface area (Å²) in [5.74, 6) is 1.09. The zero-order valence-corrected chi connectivity index (χ0v) is 11.1. The van der Waals surface area contributed by atoms with Crippen molar-refractivity contribution < 1.29 is 9.47 Å². The van der Waals surface area contributed by atoms with E-state index in [4.69, 9.17) is 9.47 Å². The molecule has 0 unspecified atom stereocenters. The number of hydrogen-bond donors (Lipinski definition) is 0. The van der Waals surface area contributed by atoms with Gasteiger partial charge in [-0.05, 0) is 38.3 Å². The summed E-state index contributed by atoms with van der Waals surface area (Å²) in [5, 5.41) is 0. The summed E-state index contributed by atoms with van der Waals surface area (Å²) < 4.78 is 12.1. The molecule has 1 fully saturated rings. The molecule has 0 aliphatic carbocycles. The number of ether oxygens (including phenoxy) is 2. The van der Waals surface area contributed by atoms with Gasteiger partial charge in [0.2, 0.25) is 0 Å². The first-order valence-corrected chi connectivity index (χ1v) is 6.76. The van der Waals surface area contributed by atoms with E-state index in [-0.39, 0.29) is 11.2 Å². The first-order chi connectivity index (χ1) is 8.66. The molecule has 0 amide bonds.